The van der Waals surface area contributed by atoms with E-state index in [1.54, 1.807) is 12.4 Å². The Morgan fingerprint density at radius 2 is 1.64 bits per heavy atom. The number of carbonyl (C=O) groups is 2. The molecule has 3 rings (SSSR count). The average molecular weight is 585 g/mol. The number of hydrogen-bond acceptors (Lipinski definition) is 4. The van der Waals surface area contributed by atoms with Crippen molar-refractivity contribution in [3.8, 4) is 5.75 Å². The number of Topliss-reactive ketones (excluding diaryl/α,β-unsaturated/α-hetero) is 1. The van der Waals surface area contributed by atoms with Gasteiger partial charge >= 0.3 is 0 Å². The summed E-state index contributed by atoms with van der Waals surface area (Å²) in [4.78, 5) is 27.0. The molecule has 1 aromatic heterocycles. The van der Waals surface area contributed by atoms with Gasteiger partial charge in [0.25, 0.3) is 0 Å². The largest absolute Gasteiger partial charge is 0.493 e. The molecule has 5 heteroatoms. The molecule has 0 N–H and O–H groups in total. The topological polar surface area (TPSA) is 59.5 Å². The monoisotopic (exact) mass is 584 g/mol. The van der Waals surface area contributed by atoms with Gasteiger partial charge in [0.1, 0.15) is 11.5 Å². The Kier molecular flexibility index (Phi) is 26.8. The van der Waals surface area contributed by atoms with E-state index >= 15 is 0 Å². The van der Waals surface area contributed by atoms with Crippen molar-refractivity contribution in [1.29, 1.82) is 0 Å². The van der Waals surface area contributed by atoms with Gasteiger partial charge in [0, 0.05) is 25.6 Å². The summed E-state index contributed by atoms with van der Waals surface area (Å²) in [6.07, 6.45) is 13.7. The first-order chi connectivity index (χ1) is 20.2. The van der Waals surface area contributed by atoms with Gasteiger partial charge in [-0.2, -0.15) is 0 Å². The van der Waals surface area contributed by atoms with Gasteiger partial charge in [-0.1, -0.05) is 100 Å². The molecule has 0 spiro atoms. The molecule has 5 nitrogen and oxygen atoms in total. The van der Waals surface area contributed by atoms with Crippen LogP contribution in [0.25, 0.3) is 0 Å². The Hall–Kier alpha value is -2.69. The van der Waals surface area contributed by atoms with Gasteiger partial charge in [0.05, 0.1) is 18.5 Å². The van der Waals surface area contributed by atoms with E-state index in [2.05, 4.69) is 64.7 Å². The van der Waals surface area contributed by atoms with Crippen LogP contribution in [0.3, 0.4) is 0 Å². The molecule has 1 aliphatic heterocycles. The number of benzene rings is 1. The molecule has 42 heavy (non-hydrogen) atoms. The molecule has 2 heterocycles. The van der Waals surface area contributed by atoms with Gasteiger partial charge in [-0.15, -0.1) is 0 Å². The highest BCUT2D eigenvalue weighted by Gasteiger charge is 2.18. The number of ether oxygens (including phenoxy) is 1. The van der Waals surface area contributed by atoms with Crippen LogP contribution in [0.5, 0.6) is 5.75 Å². The summed E-state index contributed by atoms with van der Waals surface area (Å²) in [7, 11) is 0. The lowest BCUT2D eigenvalue weighted by Gasteiger charge is -2.21. The fourth-order valence-electron chi connectivity index (χ4n) is 4.51. The quantitative estimate of drug-likeness (QED) is 0.264. The van der Waals surface area contributed by atoms with Crippen molar-refractivity contribution in [2.45, 2.75) is 140 Å². The maximum absolute atomic E-state index is 11.7. The first kappa shape index (κ1) is 41.4. The predicted octanol–water partition coefficient (Wildman–Crippen LogP) is 10.6. The molecule has 1 aromatic carbocycles. The molecule has 0 aliphatic carbocycles. The van der Waals surface area contributed by atoms with Crippen LogP contribution in [0.1, 0.15) is 145 Å². The second-order valence-corrected chi connectivity index (χ2v) is 10.8. The average Bonchev–Trinajstić information content (AvgIpc) is 3.46. The van der Waals surface area contributed by atoms with Crippen molar-refractivity contribution < 1.29 is 14.3 Å². The minimum absolute atomic E-state index is 0.163. The summed E-state index contributed by atoms with van der Waals surface area (Å²) in [5.74, 6) is 2.99. The third-order valence-corrected chi connectivity index (χ3v) is 6.44. The van der Waals surface area contributed by atoms with Crippen LogP contribution in [-0.4, -0.2) is 29.8 Å². The molecule has 2 unspecified atom stereocenters. The highest BCUT2D eigenvalue weighted by molar-refractivity contribution is 5.92. The Morgan fingerprint density at radius 3 is 2.14 bits per heavy atom. The van der Waals surface area contributed by atoms with Gasteiger partial charge in [-0.05, 0) is 74.3 Å². The molecule has 1 aliphatic rings. The number of anilines is 1. The Balaban J connectivity index is 0. The summed E-state index contributed by atoms with van der Waals surface area (Å²) in [6, 6.07) is 10.6. The van der Waals surface area contributed by atoms with Crippen molar-refractivity contribution >= 4 is 17.4 Å². The van der Waals surface area contributed by atoms with E-state index in [1.807, 2.05) is 37.8 Å². The van der Waals surface area contributed by atoms with Crippen molar-refractivity contribution in [1.82, 2.24) is 4.98 Å². The lowest BCUT2D eigenvalue weighted by atomic mass is 9.85. The van der Waals surface area contributed by atoms with Crippen molar-refractivity contribution in [2.75, 3.05) is 18.1 Å². The standard InChI is InChI=1S/C17H26O.C12H18N2O.C3H6O.C3H8.C2H6/c1-4-6-13(3)11-14(5-2)15-7-8-17-16(12-15)9-10-18-17;1-3-5-9-14(12(15)4-2)11-7-6-8-13-10-11;1-3(2)4;1-3-2;1-2/h7-8,12-14H,4-6,9-11H2,1-3H3;6-8,10H,3-5,9H2,1-2H3;1-2H3;3H2,1-2H3;1-2H3. The molecule has 2 atom stereocenters. The van der Waals surface area contributed by atoms with Crippen molar-refractivity contribution in [3.05, 3.63) is 53.9 Å². The SMILES string of the molecule is CC.CC(C)=O.CCC.CCCC(C)CC(CC)c1ccc2c(c1)CCO2.CCCCN(C(=O)CC)c1cccnc1. The molecule has 240 valence electrons. The molecule has 1 amide bonds. The second-order valence-electron chi connectivity index (χ2n) is 10.8. The van der Waals surface area contributed by atoms with Crippen LogP contribution in [0.15, 0.2) is 42.7 Å². The Morgan fingerprint density at radius 1 is 1.00 bits per heavy atom. The zero-order chi connectivity index (χ0) is 32.3. The van der Waals surface area contributed by atoms with E-state index in [1.165, 1.54) is 57.1 Å². The first-order valence-corrected chi connectivity index (χ1v) is 16.6. The molecular weight excluding hydrogens is 520 g/mol. The van der Waals surface area contributed by atoms with Gasteiger partial charge in [-0.25, -0.2) is 0 Å². The molecular formula is C37H64N2O3. The molecule has 0 saturated heterocycles. The number of amides is 1. The maximum atomic E-state index is 11.7. The molecule has 0 radical (unpaired) electrons. The van der Waals surface area contributed by atoms with Crippen LogP contribution in [-0.2, 0) is 16.0 Å². The third-order valence-electron chi connectivity index (χ3n) is 6.44. The number of aromatic nitrogens is 1. The maximum Gasteiger partial charge on any atom is 0.226 e. The van der Waals surface area contributed by atoms with Crippen LogP contribution in [0.2, 0.25) is 0 Å². The smallest absolute Gasteiger partial charge is 0.226 e. The fraction of sp³-hybridized carbons (Fsp3) is 0.649. The van der Waals surface area contributed by atoms with E-state index in [4.69, 9.17) is 4.74 Å². The number of unbranched alkanes of at least 4 members (excludes halogenated alkanes) is 1. The third kappa shape index (κ3) is 18.7. The highest BCUT2D eigenvalue weighted by atomic mass is 16.5. The number of rotatable bonds is 11. The zero-order valence-electron chi connectivity index (χ0n) is 29.1. The number of pyridine rings is 1. The van der Waals surface area contributed by atoms with Crippen LogP contribution in [0.4, 0.5) is 5.69 Å². The number of ketones is 1. The summed E-state index contributed by atoms with van der Waals surface area (Å²) < 4.78 is 5.59. The molecule has 0 saturated carbocycles. The van der Waals surface area contributed by atoms with Crippen LogP contribution >= 0.6 is 0 Å². The van der Waals surface area contributed by atoms with E-state index in [-0.39, 0.29) is 11.7 Å². The van der Waals surface area contributed by atoms with E-state index in [9.17, 15) is 9.59 Å². The minimum Gasteiger partial charge on any atom is -0.493 e. The summed E-state index contributed by atoms with van der Waals surface area (Å²) >= 11 is 0. The van der Waals surface area contributed by atoms with Gasteiger partial charge < -0.3 is 14.4 Å². The zero-order valence-corrected chi connectivity index (χ0v) is 29.1. The van der Waals surface area contributed by atoms with Crippen molar-refractivity contribution in [2.24, 2.45) is 5.92 Å². The highest BCUT2D eigenvalue weighted by Crippen LogP contribution is 2.33. The Bertz CT molecular complexity index is 926. The lowest BCUT2D eigenvalue weighted by molar-refractivity contribution is -0.118. The van der Waals surface area contributed by atoms with Gasteiger partial charge in [-0.3, -0.25) is 9.78 Å². The van der Waals surface area contributed by atoms with E-state index in [0.29, 0.717) is 6.42 Å². The Labute approximate surface area is 259 Å². The summed E-state index contributed by atoms with van der Waals surface area (Å²) in [6.45, 7) is 24.0. The lowest BCUT2D eigenvalue weighted by Crippen LogP contribution is -2.31. The molecule has 0 bridgehead atoms. The van der Waals surface area contributed by atoms with Crippen LogP contribution in [0, 0.1) is 5.92 Å². The van der Waals surface area contributed by atoms with Crippen LogP contribution < -0.4 is 9.64 Å². The first-order valence-electron chi connectivity index (χ1n) is 16.6. The fourth-order valence-corrected chi connectivity index (χ4v) is 4.51. The number of nitrogens with zero attached hydrogens (tertiary/aromatic N) is 2. The summed E-state index contributed by atoms with van der Waals surface area (Å²) in [5, 5.41) is 0. The normalized spacial score (nSPS) is 12.1. The predicted molar refractivity (Wildman–Crippen MR) is 183 cm³/mol. The molecule has 0 fully saturated rings. The number of fused-ring (bicyclic) bond motifs is 1. The van der Waals surface area contributed by atoms with Gasteiger partial charge in [0.2, 0.25) is 5.91 Å². The summed E-state index contributed by atoms with van der Waals surface area (Å²) in [5.41, 5.74) is 3.83. The van der Waals surface area contributed by atoms with E-state index < -0.39 is 0 Å². The van der Waals surface area contributed by atoms with Gasteiger partial charge in [0.15, 0.2) is 0 Å². The van der Waals surface area contributed by atoms with E-state index in [0.717, 1.165) is 55.7 Å². The minimum atomic E-state index is 0.163. The number of carbonyl (C=O) groups excluding carboxylic acids is 2. The number of hydrogen-bond donors (Lipinski definition) is 0. The molecule has 2 aromatic rings. The van der Waals surface area contributed by atoms with Crippen molar-refractivity contribution in [3.63, 3.8) is 0 Å². The second kappa shape index (κ2) is 27.2.